The summed E-state index contributed by atoms with van der Waals surface area (Å²) in [5, 5.41) is 0. The summed E-state index contributed by atoms with van der Waals surface area (Å²) >= 11 is 0. The van der Waals surface area contributed by atoms with Crippen molar-refractivity contribution >= 4 is 34.1 Å². The van der Waals surface area contributed by atoms with Gasteiger partial charge in [0, 0.05) is 187 Å². The lowest BCUT2D eigenvalue weighted by molar-refractivity contribution is -0.685. The van der Waals surface area contributed by atoms with Crippen molar-refractivity contribution in [1.29, 1.82) is 0 Å². The molecular formula is C87H100N20+8. The summed E-state index contributed by atoms with van der Waals surface area (Å²) in [7, 11) is 23.6. The van der Waals surface area contributed by atoms with Crippen molar-refractivity contribution < 1.29 is 57.1 Å². The minimum Gasteiger partial charge on any atom is -0.308 e. The molecule has 0 aliphatic rings. The van der Waals surface area contributed by atoms with E-state index in [1.165, 1.54) is 17.0 Å². The van der Waals surface area contributed by atoms with Gasteiger partial charge in [0.25, 0.3) is 45.6 Å². The fraction of sp³-hybridized carbons (Fsp3) is 0.264. The van der Waals surface area contributed by atoms with Gasteiger partial charge in [0.15, 0.2) is 24.8 Å². The summed E-state index contributed by atoms with van der Waals surface area (Å²) in [6.45, 7) is 0.0194. The van der Waals surface area contributed by atoms with Crippen molar-refractivity contribution in [2.45, 2.75) is 75.8 Å². The Labute approximate surface area is 647 Å². The number of fused-ring (bicyclic) bond motifs is 6. The molecule has 0 unspecified atom stereocenters. The number of pyridine rings is 8. The van der Waals surface area contributed by atoms with Gasteiger partial charge < -0.3 is 18.3 Å². The van der Waals surface area contributed by atoms with Crippen molar-refractivity contribution in [3.8, 4) is 91.1 Å². The van der Waals surface area contributed by atoms with Crippen LogP contribution in [0.1, 0.15) is 82.5 Å². The van der Waals surface area contributed by atoms with Crippen molar-refractivity contribution in [3.05, 3.63) is 251 Å². The van der Waals surface area contributed by atoms with Crippen LogP contribution in [0.2, 0.25) is 0 Å². The number of rotatable bonds is 8. The van der Waals surface area contributed by atoms with Crippen LogP contribution < -0.4 is 36.5 Å². The number of aromatic nitrogens is 20. The fourth-order valence-electron chi connectivity index (χ4n) is 14.5. The Morgan fingerprint density at radius 2 is 0.710 bits per heavy atom. The zero-order valence-corrected chi connectivity index (χ0v) is 63.8. The van der Waals surface area contributed by atoms with E-state index in [1.807, 2.05) is 181 Å². The molecule has 0 N–H and O–H groups in total. The number of benzene rings is 1. The van der Waals surface area contributed by atoms with Crippen molar-refractivity contribution in [2.24, 2.45) is 84.6 Å². The van der Waals surface area contributed by atoms with Gasteiger partial charge >= 0.3 is 0 Å². The van der Waals surface area contributed by atoms with Crippen LogP contribution in [-0.4, -0.2) is 55.8 Å². The molecule has 540 valence electrons. The summed E-state index contributed by atoms with van der Waals surface area (Å²) < 4.78 is 149. The topological polar surface area (TPSA) is 120 Å². The van der Waals surface area contributed by atoms with E-state index in [1.54, 1.807) is 54.0 Å². The molecule has 0 radical (unpaired) electrons. The van der Waals surface area contributed by atoms with Crippen LogP contribution in [0.5, 0.6) is 0 Å². The standard InChI is InChI=1S/C23H29N5.C22H21N5.2C21H25N5/c1-14-9-20(19-11-15(2)16(3)12-25(19)6)26(7)21(10-14)22-13-28-18(5)17(4)24-23(28)27(22)8;1-24-14-7-6-11-18(24)19-12-8-13-20(25(19)2)21-15-27-17-10-5-4-9-16(17)23-22(27)26(21)3;1-14-10-11-17(23(4)12-14)18-8-7-9-19(24(18)5)20-13-26-16(3)15(2)22-21(26)25(20)6;1-14-10-11-23(4)19(12-14)17-8-7-9-18(24(17)5)20-13-26-16(3)15(2)22-21(26)25(20)6/h9-13H,1-8H3;4-15H,1-3H3;2*7-13H,1-6H3/q4*+2/i2D3,4D3;;2D3;1D3,2D3. The van der Waals surface area contributed by atoms with Gasteiger partial charge in [-0.15, -0.1) is 0 Å². The third kappa shape index (κ3) is 12.6. The fourth-order valence-corrected chi connectivity index (χ4v) is 14.5. The summed E-state index contributed by atoms with van der Waals surface area (Å²) in [6.07, 6.45) is 15.7. The van der Waals surface area contributed by atoms with Crippen LogP contribution in [0, 0.1) is 75.8 Å². The van der Waals surface area contributed by atoms with Gasteiger partial charge in [0.05, 0.1) is 28.1 Å². The lowest BCUT2D eigenvalue weighted by Gasteiger charge is -2.08. The van der Waals surface area contributed by atoms with E-state index in [0.717, 1.165) is 102 Å². The first kappa shape index (κ1) is 55.2. The largest absolute Gasteiger partial charge is 0.308 e. The van der Waals surface area contributed by atoms with E-state index in [-0.39, 0.29) is 22.6 Å². The molecule has 0 amide bonds. The van der Waals surface area contributed by atoms with E-state index >= 15 is 0 Å². The smallest absolute Gasteiger partial charge is 0.277 e. The minimum atomic E-state index is -2.28. The molecule has 17 rings (SSSR count). The molecule has 20 heteroatoms. The second-order valence-electron chi connectivity index (χ2n) is 27.8. The highest BCUT2D eigenvalue weighted by atomic mass is 15.2. The first-order valence-electron chi connectivity index (χ1n) is 42.7. The van der Waals surface area contributed by atoms with Gasteiger partial charge in [0.1, 0.15) is 79.2 Å². The summed E-state index contributed by atoms with van der Waals surface area (Å²) in [5.74, 6) is 2.66. The second-order valence-corrected chi connectivity index (χ2v) is 27.8. The third-order valence-corrected chi connectivity index (χ3v) is 20.8. The normalized spacial score (nSPS) is 14.2. The lowest BCUT2D eigenvalue weighted by atomic mass is 10.1. The predicted octanol–water partition coefficient (Wildman–Crippen LogP) is 11.2. The Kier molecular flexibility index (Phi) is 14.4. The molecule has 0 saturated heterocycles. The van der Waals surface area contributed by atoms with Crippen LogP contribution >= 0.6 is 0 Å². The maximum Gasteiger partial charge on any atom is 0.277 e. The van der Waals surface area contributed by atoms with Crippen LogP contribution in [0.15, 0.2) is 189 Å². The molecule has 16 aromatic heterocycles. The number of nitrogens with zero attached hydrogens (tertiary/aromatic N) is 20. The maximum atomic E-state index is 7.93. The molecule has 0 aliphatic carbocycles. The number of para-hydroxylation sites is 2. The van der Waals surface area contributed by atoms with Gasteiger partial charge in [-0.25, -0.2) is 19.9 Å². The predicted molar refractivity (Wildman–Crippen MR) is 419 cm³/mol. The van der Waals surface area contributed by atoms with Crippen LogP contribution in [-0.2, 0) is 84.6 Å². The summed E-state index contributed by atoms with van der Waals surface area (Å²) in [6, 6.07) is 46.3. The Hall–Kier alpha value is -12.3. The molecule has 107 heavy (non-hydrogen) atoms. The van der Waals surface area contributed by atoms with Crippen molar-refractivity contribution in [2.75, 3.05) is 0 Å². The van der Waals surface area contributed by atoms with Gasteiger partial charge in [-0.2, -0.15) is 36.5 Å². The number of hydrogen-bond donors (Lipinski definition) is 0. The summed E-state index contributed by atoms with van der Waals surface area (Å²) in [5.41, 5.74) is 23.4. The van der Waals surface area contributed by atoms with Gasteiger partial charge in [0.2, 0.25) is 45.9 Å². The molecular weight excluding hydrogens is 1330 g/mol. The van der Waals surface area contributed by atoms with Crippen LogP contribution in [0.4, 0.5) is 0 Å². The third-order valence-electron chi connectivity index (χ3n) is 20.8. The van der Waals surface area contributed by atoms with Gasteiger partial charge in [-0.1, -0.05) is 12.1 Å². The zero-order valence-electron chi connectivity index (χ0n) is 78.8. The van der Waals surface area contributed by atoms with Crippen LogP contribution in [0.25, 0.3) is 125 Å². The highest BCUT2D eigenvalue weighted by molar-refractivity contribution is 5.81. The Balaban J connectivity index is 0.000000133. The number of hydrogen-bond acceptors (Lipinski definition) is 4. The van der Waals surface area contributed by atoms with Gasteiger partial charge in [-0.3, -0.25) is 17.6 Å². The Morgan fingerprint density at radius 1 is 0.299 bits per heavy atom. The molecule has 20 nitrogen and oxygen atoms in total. The highest BCUT2D eigenvalue weighted by Crippen LogP contribution is 2.30. The van der Waals surface area contributed by atoms with Crippen molar-refractivity contribution in [1.82, 2.24) is 55.8 Å². The van der Waals surface area contributed by atoms with Crippen molar-refractivity contribution in [3.63, 3.8) is 0 Å². The second kappa shape index (κ2) is 27.9. The van der Waals surface area contributed by atoms with E-state index in [0.29, 0.717) is 45.5 Å². The Bertz CT molecular complexity index is 7000. The molecule has 0 saturated carbocycles. The van der Waals surface area contributed by atoms with E-state index < -0.39 is 34.3 Å². The molecule has 17 aromatic rings. The Morgan fingerprint density at radius 3 is 1.21 bits per heavy atom. The van der Waals surface area contributed by atoms with Crippen LogP contribution in [0.3, 0.4) is 0 Å². The van der Waals surface area contributed by atoms with Gasteiger partial charge in [-0.05, 0) is 135 Å². The van der Waals surface area contributed by atoms with E-state index in [4.69, 9.17) is 25.5 Å². The molecule has 16 heterocycles. The molecule has 0 atom stereocenters. The average molecular weight is 1440 g/mol. The van der Waals surface area contributed by atoms with E-state index in [2.05, 4.69) is 168 Å². The molecule has 0 aliphatic heterocycles. The van der Waals surface area contributed by atoms with E-state index in [9.17, 15) is 0 Å². The molecule has 0 spiro atoms. The quantitative estimate of drug-likeness (QED) is 0.141. The first-order valence-corrected chi connectivity index (χ1v) is 35.2. The molecule has 0 fully saturated rings. The SMILES string of the molecule is Cn1c(-c2cccc(-c3cccc[n+]3C)[n+]2C)cn2c3ccccc3nc12.[2H]C([2H])([2H])c1cc(-c2cc(C)cc(-c3cn4c(C)c(C([2H])([2H])[2H])nc4n3C)[n+]2C)[n+](C)cc1C.[2H]C([2H])([2H])c1cc[n+](C)c(-c2cccc(-c3cn4c(C)c(C([2H])([2H])[2H])nc4n3C)[n+]2C)c1.[2H]C([2H])([2H])c1nc2n(C)c(-c3cccc(-c4ccc(C)c[n+]4C)[n+]3C)cn2c1C. The zero-order chi connectivity index (χ0) is 88.5. The average Bonchev–Trinajstić information content (AvgIpc) is 1.60. The number of aryl methyl sites for hydroxylation is 19. The minimum absolute atomic E-state index is 0.0984. The molecule has 0 bridgehead atoms. The first-order chi connectivity index (χ1) is 57.1. The maximum absolute atomic E-state index is 7.93. The highest BCUT2D eigenvalue weighted by Gasteiger charge is 2.31. The molecule has 1 aromatic carbocycles. The summed E-state index contributed by atoms with van der Waals surface area (Å²) in [4.78, 5) is 18.0. The lowest BCUT2D eigenvalue weighted by Crippen LogP contribution is -2.40. The monoisotopic (exact) mass is 1440 g/mol. The number of imidazole rings is 8.